The smallest absolute Gasteiger partial charge is 0.0532 e. The summed E-state index contributed by atoms with van der Waals surface area (Å²) < 4.78 is 12.1. The van der Waals surface area contributed by atoms with Crippen LogP contribution in [0.4, 0.5) is 0 Å². The van der Waals surface area contributed by atoms with Crippen molar-refractivity contribution in [1.29, 1.82) is 0 Å². The van der Waals surface area contributed by atoms with E-state index in [1.54, 1.807) is 0 Å². The molecule has 0 aliphatic rings. The van der Waals surface area contributed by atoms with Gasteiger partial charge in [-0.05, 0) is 36.6 Å². The zero-order chi connectivity index (χ0) is 12.1. The van der Waals surface area contributed by atoms with Crippen LogP contribution in [0.1, 0.15) is 11.1 Å². The Hall–Kier alpha value is -1.41. The maximum atomic E-state index is 12.1. The molecule has 0 spiro atoms. The van der Waals surface area contributed by atoms with Crippen molar-refractivity contribution < 1.29 is 4.21 Å². The van der Waals surface area contributed by atoms with Crippen LogP contribution < -0.4 is 0 Å². The molecular weight excluding hydrogens is 228 g/mol. The van der Waals surface area contributed by atoms with Gasteiger partial charge in [-0.25, -0.2) is 0 Å². The highest BCUT2D eigenvalue weighted by Crippen LogP contribution is 2.11. The van der Waals surface area contributed by atoms with Gasteiger partial charge in [-0.2, -0.15) is 0 Å². The molecular formula is C15H16OS. The van der Waals surface area contributed by atoms with E-state index in [0.717, 1.165) is 16.9 Å². The Kier molecular flexibility index (Phi) is 4.10. The first-order chi connectivity index (χ1) is 8.25. The van der Waals surface area contributed by atoms with Gasteiger partial charge in [0.05, 0.1) is 10.8 Å². The third-order valence-corrected chi connectivity index (χ3v) is 4.03. The first kappa shape index (κ1) is 12.1. The van der Waals surface area contributed by atoms with Crippen molar-refractivity contribution >= 4 is 10.8 Å². The Bertz CT molecular complexity index is 505. The fraction of sp³-hybridized carbons (Fsp3) is 0.200. The van der Waals surface area contributed by atoms with Crippen molar-refractivity contribution in [2.24, 2.45) is 0 Å². The summed E-state index contributed by atoms with van der Waals surface area (Å²) in [7, 11) is -0.894. The minimum absolute atomic E-state index is 0.688. The number of rotatable bonds is 4. The molecule has 0 radical (unpaired) electrons. The molecule has 88 valence electrons. The predicted molar refractivity (Wildman–Crippen MR) is 72.6 cm³/mol. The van der Waals surface area contributed by atoms with Gasteiger partial charge in [0.15, 0.2) is 0 Å². The van der Waals surface area contributed by atoms with Crippen LogP contribution in [-0.4, -0.2) is 9.96 Å². The summed E-state index contributed by atoms with van der Waals surface area (Å²) in [5, 5.41) is 0. The first-order valence-corrected chi connectivity index (χ1v) is 7.06. The van der Waals surface area contributed by atoms with Gasteiger partial charge < -0.3 is 0 Å². The van der Waals surface area contributed by atoms with Gasteiger partial charge in [0.1, 0.15) is 0 Å². The molecule has 0 aliphatic carbocycles. The molecule has 1 atom stereocenters. The van der Waals surface area contributed by atoms with Gasteiger partial charge in [-0.3, -0.25) is 4.21 Å². The lowest BCUT2D eigenvalue weighted by Gasteiger charge is -2.03. The zero-order valence-electron chi connectivity index (χ0n) is 9.93. The van der Waals surface area contributed by atoms with E-state index in [0.29, 0.717) is 5.75 Å². The first-order valence-electron chi connectivity index (χ1n) is 5.75. The quantitative estimate of drug-likeness (QED) is 0.806. The molecule has 2 rings (SSSR count). The largest absolute Gasteiger partial charge is 0.254 e. The van der Waals surface area contributed by atoms with E-state index in [9.17, 15) is 4.21 Å². The summed E-state index contributed by atoms with van der Waals surface area (Å²) in [5.74, 6) is 0.688. The number of benzene rings is 2. The summed E-state index contributed by atoms with van der Waals surface area (Å²) in [6.07, 6.45) is 0.862. The van der Waals surface area contributed by atoms with Gasteiger partial charge in [0.2, 0.25) is 0 Å². The molecule has 0 amide bonds. The van der Waals surface area contributed by atoms with Crippen LogP contribution in [0.3, 0.4) is 0 Å². The fourth-order valence-electron chi connectivity index (χ4n) is 1.73. The van der Waals surface area contributed by atoms with Gasteiger partial charge in [0.25, 0.3) is 0 Å². The van der Waals surface area contributed by atoms with Crippen molar-refractivity contribution in [3.05, 3.63) is 65.7 Å². The Morgan fingerprint density at radius 1 is 1.00 bits per heavy atom. The molecule has 0 saturated carbocycles. The van der Waals surface area contributed by atoms with E-state index in [1.807, 2.05) is 49.4 Å². The van der Waals surface area contributed by atoms with Crippen LogP contribution in [0.2, 0.25) is 0 Å². The van der Waals surface area contributed by atoms with E-state index in [2.05, 4.69) is 12.1 Å². The molecule has 1 unspecified atom stereocenters. The van der Waals surface area contributed by atoms with Crippen molar-refractivity contribution in [3.63, 3.8) is 0 Å². The third kappa shape index (κ3) is 3.53. The van der Waals surface area contributed by atoms with Crippen LogP contribution in [0, 0.1) is 6.92 Å². The molecule has 0 saturated heterocycles. The van der Waals surface area contributed by atoms with E-state index >= 15 is 0 Å². The topological polar surface area (TPSA) is 17.1 Å². The van der Waals surface area contributed by atoms with Gasteiger partial charge in [0, 0.05) is 10.6 Å². The molecule has 2 heteroatoms. The average Bonchev–Trinajstić information content (AvgIpc) is 2.37. The molecule has 2 aromatic carbocycles. The lowest BCUT2D eigenvalue weighted by molar-refractivity contribution is 0.682. The monoisotopic (exact) mass is 244 g/mol. The van der Waals surface area contributed by atoms with E-state index in [1.165, 1.54) is 5.56 Å². The SMILES string of the molecule is Cc1cccc(S(=O)CCc2ccccc2)c1. The third-order valence-electron chi connectivity index (χ3n) is 2.67. The summed E-state index contributed by atoms with van der Waals surface area (Å²) in [6, 6.07) is 18.1. The lowest BCUT2D eigenvalue weighted by atomic mass is 10.2. The molecule has 0 bridgehead atoms. The van der Waals surface area contributed by atoms with Crippen molar-refractivity contribution in [2.75, 3.05) is 5.75 Å². The molecule has 0 heterocycles. The number of hydrogen-bond acceptors (Lipinski definition) is 1. The fourth-order valence-corrected chi connectivity index (χ4v) is 2.93. The van der Waals surface area contributed by atoms with Crippen LogP contribution in [0.25, 0.3) is 0 Å². The molecule has 2 aromatic rings. The summed E-state index contributed by atoms with van der Waals surface area (Å²) in [5.41, 5.74) is 2.41. The number of aryl methyl sites for hydroxylation is 2. The second kappa shape index (κ2) is 5.78. The molecule has 0 aliphatic heterocycles. The minimum Gasteiger partial charge on any atom is -0.254 e. The maximum Gasteiger partial charge on any atom is 0.0532 e. The van der Waals surface area contributed by atoms with Gasteiger partial charge in [-0.1, -0.05) is 42.5 Å². The summed E-state index contributed by atoms with van der Waals surface area (Å²) in [6.45, 7) is 2.03. The molecule has 0 aromatic heterocycles. The highest BCUT2D eigenvalue weighted by molar-refractivity contribution is 7.85. The molecule has 0 N–H and O–H groups in total. The molecule has 0 fully saturated rings. The van der Waals surface area contributed by atoms with Crippen molar-refractivity contribution in [3.8, 4) is 0 Å². The van der Waals surface area contributed by atoms with Crippen molar-refractivity contribution in [2.45, 2.75) is 18.2 Å². The second-order valence-corrected chi connectivity index (χ2v) is 5.67. The Morgan fingerprint density at radius 3 is 2.47 bits per heavy atom. The van der Waals surface area contributed by atoms with E-state index in [4.69, 9.17) is 0 Å². The van der Waals surface area contributed by atoms with Crippen molar-refractivity contribution in [1.82, 2.24) is 0 Å². The zero-order valence-corrected chi connectivity index (χ0v) is 10.7. The standard InChI is InChI=1S/C15H16OS/c1-13-6-5-9-15(12-13)17(16)11-10-14-7-3-2-4-8-14/h2-9,12H,10-11H2,1H3. The summed E-state index contributed by atoms with van der Waals surface area (Å²) in [4.78, 5) is 0.931. The Balaban J connectivity index is 1.98. The predicted octanol–water partition coefficient (Wildman–Crippen LogP) is 3.35. The summed E-state index contributed by atoms with van der Waals surface area (Å²) >= 11 is 0. The highest BCUT2D eigenvalue weighted by atomic mass is 32.2. The second-order valence-electron chi connectivity index (χ2n) is 4.10. The Labute approximate surface area is 105 Å². The van der Waals surface area contributed by atoms with Gasteiger partial charge in [-0.15, -0.1) is 0 Å². The highest BCUT2D eigenvalue weighted by Gasteiger charge is 2.04. The van der Waals surface area contributed by atoms with Crippen LogP contribution in [0.5, 0.6) is 0 Å². The maximum absolute atomic E-state index is 12.1. The van der Waals surface area contributed by atoms with Gasteiger partial charge >= 0.3 is 0 Å². The van der Waals surface area contributed by atoms with Crippen LogP contribution in [0.15, 0.2) is 59.5 Å². The minimum atomic E-state index is -0.894. The van der Waals surface area contributed by atoms with E-state index < -0.39 is 10.8 Å². The Morgan fingerprint density at radius 2 is 1.76 bits per heavy atom. The average molecular weight is 244 g/mol. The van der Waals surface area contributed by atoms with E-state index in [-0.39, 0.29) is 0 Å². The number of hydrogen-bond donors (Lipinski definition) is 0. The normalized spacial score (nSPS) is 12.3. The molecule has 1 nitrogen and oxygen atoms in total. The van der Waals surface area contributed by atoms with Crippen LogP contribution in [-0.2, 0) is 17.2 Å². The lowest BCUT2D eigenvalue weighted by Crippen LogP contribution is -2.01. The molecule has 17 heavy (non-hydrogen) atoms. The van der Waals surface area contributed by atoms with Crippen LogP contribution >= 0.6 is 0 Å².